The Balaban J connectivity index is 2.08. The number of ether oxygens (including phenoxy) is 1. The van der Waals surface area contributed by atoms with Gasteiger partial charge in [-0.05, 0) is 71.7 Å². The third kappa shape index (κ3) is 7.33. The van der Waals surface area contributed by atoms with Crippen LogP contribution in [0.2, 0.25) is 18.1 Å². The molecule has 4 heteroatoms. The summed E-state index contributed by atoms with van der Waals surface area (Å²) in [7, 11) is -1.78. The van der Waals surface area contributed by atoms with E-state index in [2.05, 4.69) is 87.6 Å². The van der Waals surface area contributed by atoms with Gasteiger partial charge in [-0.1, -0.05) is 62.9 Å². The highest BCUT2D eigenvalue weighted by molar-refractivity contribution is 9.10. The Morgan fingerprint density at radius 1 is 0.966 bits per heavy atom. The molecular weight excluding hydrogens is 440 g/mol. The molecule has 2 aromatic carbocycles. The predicted molar refractivity (Wildman–Crippen MR) is 129 cm³/mol. The minimum Gasteiger partial charge on any atom is -0.489 e. The second kappa shape index (κ2) is 9.51. The SMILES string of the molecule is CC(C)(C#Cc1cc(OCc2ccccc2)ccc1Br)CO[Si](C)(C)C(C)(C)C. The first kappa shape index (κ1) is 23.7. The van der Waals surface area contributed by atoms with Gasteiger partial charge in [0, 0.05) is 22.1 Å². The van der Waals surface area contributed by atoms with E-state index in [-0.39, 0.29) is 10.5 Å². The number of halogens is 1. The van der Waals surface area contributed by atoms with Gasteiger partial charge in [0.15, 0.2) is 8.32 Å². The van der Waals surface area contributed by atoms with E-state index in [4.69, 9.17) is 9.16 Å². The Bertz CT molecular complexity index is 871. The molecule has 0 amide bonds. The van der Waals surface area contributed by atoms with Crippen LogP contribution in [0.1, 0.15) is 45.7 Å². The molecule has 0 aliphatic carbocycles. The lowest BCUT2D eigenvalue weighted by Gasteiger charge is -2.38. The Labute approximate surface area is 186 Å². The van der Waals surface area contributed by atoms with Crippen LogP contribution < -0.4 is 4.74 Å². The fourth-order valence-electron chi connectivity index (χ4n) is 2.28. The fraction of sp³-hybridized carbons (Fsp3) is 0.440. The lowest BCUT2D eigenvalue weighted by atomic mass is 9.95. The number of hydrogen-bond acceptors (Lipinski definition) is 2. The maximum Gasteiger partial charge on any atom is 0.192 e. The van der Waals surface area contributed by atoms with Crippen molar-refractivity contribution in [3.63, 3.8) is 0 Å². The Morgan fingerprint density at radius 3 is 2.24 bits per heavy atom. The van der Waals surface area contributed by atoms with Crippen LogP contribution in [0.25, 0.3) is 0 Å². The van der Waals surface area contributed by atoms with Gasteiger partial charge < -0.3 is 9.16 Å². The van der Waals surface area contributed by atoms with Crippen LogP contribution in [-0.4, -0.2) is 14.9 Å². The van der Waals surface area contributed by atoms with Crippen LogP contribution in [0.15, 0.2) is 53.0 Å². The van der Waals surface area contributed by atoms with E-state index in [1.165, 1.54) is 0 Å². The summed E-state index contributed by atoms with van der Waals surface area (Å²) in [6.07, 6.45) is 0. The Hall–Kier alpha value is -1.54. The van der Waals surface area contributed by atoms with E-state index in [1.807, 2.05) is 36.4 Å². The number of benzene rings is 2. The molecule has 0 aliphatic heterocycles. The molecule has 2 rings (SSSR count). The first-order chi connectivity index (χ1) is 13.4. The van der Waals surface area contributed by atoms with Crippen molar-refractivity contribution in [1.82, 2.24) is 0 Å². The molecule has 0 spiro atoms. The normalized spacial score (nSPS) is 12.3. The van der Waals surface area contributed by atoms with Crippen molar-refractivity contribution in [2.75, 3.05) is 6.61 Å². The van der Waals surface area contributed by atoms with Gasteiger partial charge in [-0.15, -0.1) is 0 Å². The summed E-state index contributed by atoms with van der Waals surface area (Å²) in [4.78, 5) is 0. The summed E-state index contributed by atoms with van der Waals surface area (Å²) in [6.45, 7) is 16.8. The molecule has 0 N–H and O–H groups in total. The van der Waals surface area contributed by atoms with Crippen LogP contribution in [0, 0.1) is 17.3 Å². The molecular formula is C25H33BrO2Si. The molecule has 2 aromatic rings. The van der Waals surface area contributed by atoms with E-state index in [9.17, 15) is 0 Å². The summed E-state index contributed by atoms with van der Waals surface area (Å²) in [5, 5.41) is 0.198. The molecule has 0 saturated carbocycles. The molecule has 0 saturated heterocycles. The highest BCUT2D eigenvalue weighted by Crippen LogP contribution is 2.37. The number of rotatable bonds is 6. The van der Waals surface area contributed by atoms with Crippen molar-refractivity contribution in [3.05, 3.63) is 64.1 Å². The van der Waals surface area contributed by atoms with Gasteiger partial charge >= 0.3 is 0 Å². The average Bonchev–Trinajstić information content (AvgIpc) is 2.65. The molecule has 2 nitrogen and oxygen atoms in total. The molecule has 156 valence electrons. The van der Waals surface area contributed by atoms with Crippen molar-refractivity contribution in [2.45, 2.75) is 59.4 Å². The van der Waals surface area contributed by atoms with Crippen LogP contribution in [0.5, 0.6) is 5.75 Å². The van der Waals surface area contributed by atoms with Gasteiger partial charge in [0.05, 0.1) is 0 Å². The maximum atomic E-state index is 6.39. The molecule has 0 atom stereocenters. The zero-order chi connectivity index (χ0) is 21.7. The first-order valence-electron chi connectivity index (χ1n) is 10.0. The Kier molecular flexibility index (Phi) is 7.78. The predicted octanol–water partition coefficient (Wildman–Crippen LogP) is 7.43. The highest BCUT2D eigenvalue weighted by atomic mass is 79.9. The summed E-state index contributed by atoms with van der Waals surface area (Å²) < 4.78 is 13.3. The zero-order valence-corrected chi connectivity index (χ0v) is 21.3. The minimum absolute atomic E-state index is 0.198. The van der Waals surface area contributed by atoms with E-state index in [0.29, 0.717) is 13.2 Å². The molecule has 0 unspecified atom stereocenters. The van der Waals surface area contributed by atoms with Crippen LogP contribution in [0.4, 0.5) is 0 Å². The van der Waals surface area contributed by atoms with Gasteiger partial charge in [-0.25, -0.2) is 0 Å². The second-order valence-electron chi connectivity index (χ2n) is 9.60. The first-order valence-corrected chi connectivity index (χ1v) is 13.7. The smallest absolute Gasteiger partial charge is 0.192 e. The van der Waals surface area contributed by atoms with Gasteiger partial charge in [-0.2, -0.15) is 0 Å². The third-order valence-corrected chi connectivity index (χ3v) is 10.5. The average molecular weight is 474 g/mol. The lowest BCUT2D eigenvalue weighted by Crippen LogP contribution is -2.42. The molecule has 0 aliphatic rings. The summed E-state index contributed by atoms with van der Waals surface area (Å²) in [5.41, 5.74) is 1.85. The van der Waals surface area contributed by atoms with Crippen molar-refractivity contribution in [3.8, 4) is 17.6 Å². The summed E-state index contributed by atoms with van der Waals surface area (Å²) in [6, 6.07) is 16.1. The van der Waals surface area contributed by atoms with Crippen LogP contribution in [0.3, 0.4) is 0 Å². The standard InChI is InChI=1S/C25H33BrO2Si/c1-24(2,3)29(6,7)28-19-25(4,5)16-15-21-17-22(13-14-23(21)26)27-18-20-11-9-8-10-12-20/h8-14,17H,18-19H2,1-7H3. The van der Waals surface area contributed by atoms with Crippen molar-refractivity contribution < 1.29 is 9.16 Å². The molecule has 29 heavy (non-hydrogen) atoms. The van der Waals surface area contributed by atoms with Gasteiger partial charge in [0.25, 0.3) is 0 Å². The summed E-state index contributed by atoms with van der Waals surface area (Å²) in [5.74, 6) is 7.54. The maximum absolute atomic E-state index is 6.39. The topological polar surface area (TPSA) is 18.5 Å². The fourth-order valence-corrected chi connectivity index (χ4v) is 3.78. The molecule has 0 heterocycles. The zero-order valence-electron chi connectivity index (χ0n) is 18.7. The van der Waals surface area contributed by atoms with Crippen molar-refractivity contribution >= 4 is 24.2 Å². The molecule has 0 bridgehead atoms. The van der Waals surface area contributed by atoms with Gasteiger partial charge in [0.2, 0.25) is 0 Å². The van der Waals surface area contributed by atoms with Gasteiger partial charge in [-0.3, -0.25) is 0 Å². The number of hydrogen-bond donors (Lipinski definition) is 0. The van der Waals surface area contributed by atoms with Gasteiger partial charge in [0.1, 0.15) is 12.4 Å². The monoisotopic (exact) mass is 472 g/mol. The lowest BCUT2D eigenvalue weighted by molar-refractivity contribution is 0.209. The largest absolute Gasteiger partial charge is 0.489 e. The quantitative estimate of drug-likeness (QED) is 0.321. The van der Waals surface area contributed by atoms with E-state index < -0.39 is 8.32 Å². The van der Waals surface area contributed by atoms with Crippen LogP contribution >= 0.6 is 15.9 Å². The second-order valence-corrected chi connectivity index (χ2v) is 15.3. The van der Waals surface area contributed by atoms with E-state index in [0.717, 1.165) is 21.3 Å². The minimum atomic E-state index is -1.78. The van der Waals surface area contributed by atoms with Crippen molar-refractivity contribution in [2.24, 2.45) is 5.41 Å². The third-order valence-electron chi connectivity index (χ3n) is 5.32. The molecule has 0 aromatic heterocycles. The van der Waals surface area contributed by atoms with E-state index >= 15 is 0 Å². The molecule has 0 fully saturated rings. The molecule has 0 radical (unpaired) electrons. The van der Waals surface area contributed by atoms with E-state index in [1.54, 1.807) is 0 Å². The van der Waals surface area contributed by atoms with Crippen LogP contribution in [-0.2, 0) is 11.0 Å². The van der Waals surface area contributed by atoms with Crippen molar-refractivity contribution in [1.29, 1.82) is 0 Å². The highest BCUT2D eigenvalue weighted by Gasteiger charge is 2.38. The summed E-state index contributed by atoms with van der Waals surface area (Å²) >= 11 is 3.61. The Morgan fingerprint density at radius 2 is 1.62 bits per heavy atom.